The van der Waals surface area contributed by atoms with Gasteiger partial charge in [0.1, 0.15) is 0 Å². The monoisotopic (exact) mass is 254 g/mol. The molecule has 0 aromatic rings. The SMILES string of the molecule is CCCC(CCCC(C)(C)C(C)C)C(C)C(C)C. The molecule has 0 heterocycles. The second kappa shape index (κ2) is 8.23. The molecular weight excluding hydrogens is 216 g/mol. The zero-order valence-electron chi connectivity index (χ0n) is 14.3. The van der Waals surface area contributed by atoms with Gasteiger partial charge in [-0.1, -0.05) is 81.1 Å². The van der Waals surface area contributed by atoms with Crippen LogP contribution < -0.4 is 0 Å². The molecule has 0 aromatic heterocycles. The summed E-state index contributed by atoms with van der Waals surface area (Å²) in [5, 5.41) is 0. The van der Waals surface area contributed by atoms with E-state index in [-0.39, 0.29) is 0 Å². The molecule has 0 radical (unpaired) electrons. The van der Waals surface area contributed by atoms with E-state index in [1.807, 2.05) is 0 Å². The van der Waals surface area contributed by atoms with Crippen molar-refractivity contribution in [2.24, 2.45) is 29.1 Å². The van der Waals surface area contributed by atoms with Crippen molar-refractivity contribution < 1.29 is 0 Å². The Morgan fingerprint density at radius 2 is 1.44 bits per heavy atom. The van der Waals surface area contributed by atoms with Crippen molar-refractivity contribution in [1.82, 2.24) is 0 Å². The van der Waals surface area contributed by atoms with Crippen molar-refractivity contribution in [3.8, 4) is 0 Å². The molecule has 0 saturated carbocycles. The van der Waals surface area contributed by atoms with Gasteiger partial charge in [0.25, 0.3) is 0 Å². The Kier molecular flexibility index (Phi) is 8.23. The molecule has 0 spiro atoms. The Bertz CT molecular complexity index is 200. The van der Waals surface area contributed by atoms with E-state index in [2.05, 4.69) is 55.4 Å². The standard InChI is InChI=1S/C18H38/c1-9-11-17(16(6)14(2)3)12-10-13-18(7,8)15(4)5/h14-17H,9-13H2,1-8H3. The van der Waals surface area contributed by atoms with Gasteiger partial charge in [0.05, 0.1) is 0 Å². The lowest BCUT2D eigenvalue weighted by Gasteiger charge is -2.31. The van der Waals surface area contributed by atoms with Crippen LogP contribution in [0.2, 0.25) is 0 Å². The van der Waals surface area contributed by atoms with E-state index in [0.717, 1.165) is 23.7 Å². The van der Waals surface area contributed by atoms with Gasteiger partial charge in [-0.2, -0.15) is 0 Å². The minimum Gasteiger partial charge on any atom is -0.0654 e. The van der Waals surface area contributed by atoms with Crippen LogP contribution in [0.4, 0.5) is 0 Å². The maximum absolute atomic E-state index is 2.46. The molecule has 0 aliphatic rings. The molecule has 0 bridgehead atoms. The lowest BCUT2D eigenvalue weighted by molar-refractivity contribution is 0.193. The Hall–Kier alpha value is 0. The summed E-state index contributed by atoms with van der Waals surface area (Å²) in [7, 11) is 0. The molecule has 110 valence electrons. The largest absolute Gasteiger partial charge is 0.0654 e. The second-order valence-corrected chi connectivity index (χ2v) is 7.69. The van der Waals surface area contributed by atoms with Gasteiger partial charge in [-0.05, 0) is 35.5 Å². The van der Waals surface area contributed by atoms with E-state index in [9.17, 15) is 0 Å². The van der Waals surface area contributed by atoms with Gasteiger partial charge in [-0.25, -0.2) is 0 Å². The first-order valence-corrected chi connectivity index (χ1v) is 8.22. The van der Waals surface area contributed by atoms with Crippen LogP contribution in [0.1, 0.15) is 87.5 Å². The average Bonchev–Trinajstić information content (AvgIpc) is 2.26. The van der Waals surface area contributed by atoms with E-state index < -0.39 is 0 Å². The summed E-state index contributed by atoms with van der Waals surface area (Å²) < 4.78 is 0. The van der Waals surface area contributed by atoms with Crippen molar-refractivity contribution in [3.05, 3.63) is 0 Å². The third kappa shape index (κ3) is 6.25. The van der Waals surface area contributed by atoms with E-state index in [0.29, 0.717) is 5.41 Å². The van der Waals surface area contributed by atoms with E-state index >= 15 is 0 Å². The highest BCUT2D eigenvalue weighted by Crippen LogP contribution is 2.35. The van der Waals surface area contributed by atoms with Gasteiger partial charge in [0.15, 0.2) is 0 Å². The molecule has 0 rings (SSSR count). The lowest BCUT2D eigenvalue weighted by atomic mass is 9.74. The Labute approximate surface area is 117 Å². The number of rotatable bonds is 9. The van der Waals surface area contributed by atoms with E-state index in [1.54, 1.807) is 0 Å². The van der Waals surface area contributed by atoms with E-state index in [1.165, 1.54) is 32.1 Å². The van der Waals surface area contributed by atoms with Gasteiger partial charge in [-0.15, -0.1) is 0 Å². The molecule has 2 unspecified atom stereocenters. The fourth-order valence-electron chi connectivity index (χ4n) is 2.69. The number of hydrogen-bond acceptors (Lipinski definition) is 0. The summed E-state index contributed by atoms with van der Waals surface area (Å²) in [6.07, 6.45) is 6.99. The van der Waals surface area contributed by atoms with Crippen LogP contribution in [-0.2, 0) is 0 Å². The molecule has 0 nitrogen and oxygen atoms in total. The van der Waals surface area contributed by atoms with Crippen molar-refractivity contribution >= 4 is 0 Å². The van der Waals surface area contributed by atoms with Crippen molar-refractivity contribution in [2.75, 3.05) is 0 Å². The fraction of sp³-hybridized carbons (Fsp3) is 1.00. The van der Waals surface area contributed by atoms with Crippen LogP contribution in [0.3, 0.4) is 0 Å². The minimum atomic E-state index is 0.512. The maximum atomic E-state index is 2.46. The summed E-state index contributed by atoms with van der Waals surface area (Å²) in [6, 6.07) is 0. The number of hydrogen-bond donors (Lipinski definition) is 0. The van der Waals surface area contributed by atoms with Crippen LogP contribution in [0.25, 0.3) is 0 Å². The highest BCUT2D eigenvalue weighted by molar-refractivity contribution is 4.75. The van der Waals surface area contributed by atoms with Gasteiger partial charge >= 0.3 is 0 Å². The highest BCUT2D eigenvalue weighted by Gasteiger charge is 2.24. The summed E-state index contributed by atoms with van der Waals surface area (Å²) in [4.78, 5) is 0. The Morgan fingerprint density at radius 3 is 1.83 bits per heavy atom. The molecule has 0 saturated heterocycles. The first-order valence-electron chi connectivity index (χ1n) is 8.22. The van der Waals surface area contributed by atoms with Crippen LogP contribution in [0.5, 0.6) is 0 Å². The molecule has 0 fully saturated rings. The molecule has 18 heavy (non-hydrogen) atoms. The summed E-state index contributed by atoms with van der Waals surface area (Å²) in [5.41, 5.74) is 0.512. The average molecular weight is 255 g/mol. The van der Waals surface area contributed by atoms with Gasteiger partial charge in [0, 0.05) is 0 Å². The van der Waals surface area contributed by atoms with Gasteiger partial charge in [-0.3, -0.25) is 0 Å². The fourth-order valence-corrected chi connectivity index (χ4v) is 2.69. The normalized spacial score (nSPS) is 16.3. The van der Waals surface area contributed by atoms with E-state index in [4.69, 9.17) is 0 Å². The van der Waals surface area contributed by atoms with Gasteiger partial charge in [0.2, 0.25) is 0 Å². The molecule has 0 aromatic carbocycles. The second-order valence-electron chi connectivity index (χ2n) is 7.69. The van der Waals surface area contributed by atoms with Crippen LogP contribution in [-0.4, -0.2) is 0 Å². The summed E-state index contributed by atoms with van der Waals surface area (Å²) >= 11 is 0. The Morgan fingerprint density at radius 1 is 0.889 bits per heavy atom. The quantitative estimate of drug-likeness (QED) is 0.438. The zero-order chi connectivity index (χ0) is 14.3. The van der Waals surface area contributed by atoms with Gasteiger partial charge < -0.3 is 0 Å². The molecule has 0 N–H and O–H groups in total. The van der Waals surface area contributed by atoms with Crippen molar-refractivity contribution in [1.29, 1.82) is 0 Å². The maximum Gasteiger partial charge on any atom is -0.0331 e. The summed E-state index contributed by atoms with van der Waals surface area (Å²) in [5.74, 6) is 3.45. The smallest absolute Gasteiger partial charge is 0.0331 e. The molecule has 0 aliphatic heterocycles. The predicted octanol–water partition coefficient (Wildman–Crippen LogP) is 6.55. The molecule has 0 aliphatic carbocycles. The molecule has 0 heteroatoms. The third-order valence-corrected chi connectivity index (χ3v) is 5.41. The third-order valence-electron chi connectivity index (χ3n) is 5.41. The Balaban J connectivity index is 4.20. The van der Waals surface area contributed by atoms with Crippen molar-refractivity contribution in [3.63, 3.8) is 0 Å². The van der Waals surface area contributed by atoms with Crippen LogP contribution >= 0.6 is 0 Å². The van der Waals surface area contributed by atoms with Crippen molar-refractivity contribution in [2.45, 2.75) is 87.5 Å². The van der Waals surface area contributed by atoms with Crippen LogP contribution in [0.15, 0.2) is 0 Å². The summed E-state index contributed by atoms with van der Waals surface area (Å²) in [6.45, 7) is 19.1. The zero-order valence-corrected chi connectivity index (χ0v) is 14.3. The first-order chi connectivity index (χ1) is 8.22. The topological polar surface area (TPSA) is 0 Å². The predicted molar refractivity (Wildman–Crippen MR) is 84.9 cm³/mol. The molecule has 0 amide bonds. The first kappa shape index (κ1) is 18.0. The molecule has 2 atom stereocenters. The van der Waals surface area contributed by atoms with Crippen LogP contribution in [0, 0.1) is 29.1 Å². The highest BCUT2D eigenvalue weighted by atomic mass is 14.3. The minimum absolute atomic E-state index is 0.512. The lowest BCUT2D eigenvalue weighted by Crippen LogP contribution is -2.21. The molecular formula is C18H38.